The molecular formula is C18H28N2O2. The molecule has 2 rings (SSSR count). The van der Waals surface area contributed by atoms with Crippen molar-refractivity contribution in [2.45, 2.75) is 32.7 Å². The molecule has 0 aromatic heterocycles. The summed E-state index contributed by atoms with van der Waals surface area (Å²) in [6.45, 7) is 11.5. The van der Waals surface area contributed by atoms with Crippen molar-refractivity contribution >= 4 is 12.0 Å². The molecule has 0 bridgehead atoms. The molecule has 0 saturated carbocycles. The second-order valence-electron chi connectivity index (χ2n) is 6.09. The van der Waals surface area contributed by atoms with Gasteiger partial charge in [0.1, 0.15) is 6.29 Å². The average molecular weight is 304 g/mol. The number of rotatable bonds is 7. The molecule has 22 heavy (non-hydrogen) atoms. The number of anilines is 1. The normalized spacial score (nSPS) is 18.3. The third kappa shape index (κ3) is 3.87. The zero-order valence-corrected chi connectivity index (χ0v) is 14.0. The highest BCUT2D eigenvalue weighted by Gasteiger charge is 2.29. The number of nitrogens with zero attached hydrogens (tertiary/aromatic N) is 2. The summed E-state index contributed by atoms with van der Waals surface area (Å²) in [7, 11) is 0. The Balaban J connectivity index is 2.07. The van der Waals surface area contributed by atoms with Gasteiger partial charge in [-0.3, -0.25) is 4.90 Å². The van der Waals surface area contributed by atoms with E-state index < -0.39 is 5.54 Å². The molecule has 0 N–H and O–H groups in total. The lowest BCUT2D eigenvalue weighted by molar-refractivity contribution is -0.117. The van der Waals surface area contributed by atoms with Crippen LogP contribution in [0.15, 0.2) is 24.3 Å². The summed E-state index contributed by atoms with van der Waals surface area (Å²) >= 11 is 0. The molecule has 1 unspecified atom stereocenters. The number of hydrogen-bond donors (Lipinski definition) is 0. The fourth-order valence-electron chi connectivity index (χ4n) is 3.23. The second kappa shape index (κ2) is 7.75. The fourth-order valence-corrected chi connectivity index (χ4v) is 3.23. The van der Waals surface area contributed by atoms with Gasteiger partial charge in [-0.2, -0.15) is 0 Å². The number of likely N-dealkylation sites (N-methyl/N-ethyl adjacent to an activating group) is 1. The second-order valence-corrected chi connectivity index (χ2v) is 6.09. The molecule has 4 heteroatoms. The minimum Gasteiger partial charge on any atom is -0.378 e. The number of aldehydes is 1. The molecule has 0 radical (unpaired) electrons. The van der Waals surface area contributed by atoms with Crippen molar-refractivity contribution in [1.82, 2.24) is 4.90 Å². The molecule has 1 fully saturated rings. The van der Waals surface area contributed by atoms with E-state index in [1.54, 1.807) is 0 Å². The summed E-state index contributed by atoms with van der Waals surface area (Å²) in [5, 5.41) is 0. The van der Waals surface area contributed by atoms with E-state index in [1.807, 2.05) is 6.92 Å². The van der Waals surface area contributed by atoms with Crippen LogP contribution in [-0.4, -0.2) is 56.1 Å². The summed E-state index contributed by atoms with van der Waals surface area (Å²) in [4.78, 5) is 16.2. The van der Waals surface area contributed by atoms with Gasteiger partial charge in [0, 0.05) is 18.8 Å². The van der Waals surface area contributed by atoms with Gasteiger partial charge < -0.3 is 14.4 Å². The van der Waals surface area contributed by atoms with E-state index in [9.17, 15) is 4.79 Å². The van der Waals surface area contributed by atoms with Gasteiger partial charge >= 0.3 is 0 Å². The third-order valence-corrected chi connectivity index (χ3v) is 4.61. The van der Waals surface area contributed by atoms with Crippen molar-refractivity contribution in [3.8, 4) is 0 Å². The van der Waals surface area contributed by atoms with E-state index in [-0.39, 0.29) is 0 Å². The molecule has 0 amide bonds. The maximum absolute atomic E-state index is 11.6. The maximum atomic E-state index is 11.6. The van der Waals surface area contributed by atoms with Crippen molar-refractivity contribution in [2.24, 2.45) is 0 Å². The molecule has 0 aliphatic carbocycles. The lowest BCUT2D eigenvalue weighted by atomic mass is 9.92. The number of hydrogen-bond acceptors (Lipinski definition) is 4. The van der Waals surface area contributed by atoms with Crippen LogP contribution in [0.2, 0.25) is 0 Å². The van der Waals surface area contributed by atoms with E-state index >= 15 is 0 Å². The Morgan fingerprint density at radius 2 is 1.77 bits per heavy atom. The first-order valence-electron chi connectivity index (χ1n) is 8.26. The lowest BCUT2D eigenvalue weighted by Crippen LogP contribution is -2.49. The van der Waals surface area contributed by atoms with Crippen LogP contribution in [0.4, 0.5) is 5.69 Å². The number of carbonyl (C=O) groups excluding carboxylic acids is 1. The number of carbonyl (C=O) groups is 1. The fraction of sp³-hybridized carbons (Fsp3) is 0.611. The van der Waals surface area contributed by atoms with Crippen molar-refractivity contribution < 1.29 is 9.53 Å². The Morgan fingerprint density at radius 3 is 2.27 bits per heavy atom. The Morgan fingerprint density at radius 1 is 1.18 bits per heavy atom. The summed E-state index contributed by atoms with van der Waals surface area (Å²) in [6.07, 6.45) is 1.84. The van der Waals surface area contributed by atoms with Crippen LogP contribution in [0.3, 0.4) is 0 Å². The topological polar surface area (TPSA) is 32.8 Å². The smallest absolute Gasteiger partial charge is 0.140 e. The van der Waals surface area contributed by atoms with Gasteiger partial charge in [0.15, 0.2) is 0 Å². The first-order valence-corrected chi connectivity index (χ1v) is 8.26. The first kappa shape index (κ1) is 17.0. The molecule has 1 aliphatic heterocycles. The van der Waals surface area contributed by atoms with Gasteiger partial charge in [-0.15, -0.1) is 0 Å². The SMILES string of the molecule is CCN(CC)C(C)(C=O)Cc1ccc(N2CCOCC2)cc1. The van der Waals surface area contributed by atoms with E-state index in [2.05, 4.69) is 47.9 Å². The van der Waals surface area contributed by atoms with Crippen LogP contribution < -0.4 is 4.90 Å². The monoisotopic (exact) mass is 304 g/mol. The lowest BCUT2D eigenvalue weighted by Gasteiger charge is -2.36. The quantitative estimate of drug-likeness (QED) is 0.724. The maximum Gasteiger partial charge on any atom is 0.140 e. The van der Waals surface area contributed by atoms with Crippen LogP contribution in [0.1, 0.15) is 26.3 Å². The van der Waals surface area contributed by atoms with Gasteiger partial charge in [0.25, 0.3) is 0 Å². The zero-order chi connectivity index (χ0) is 16.0. The van der Waals surface area contributed by atoms with Crippen LogP contribution in [0.5, 0.6) is 0 Å². The van der Waals surface area contributed by atoms with Crippen LogP contribution in [-0.2, 0) is 16.0 Å². The predicted molar refractivity (Wildman–Crippen MR) is 90.6 cm³/mol. The summed E-state index contributed by atoms with van der Waals surface area (Å²) in [5.74, 6) is 0. The van der Waals surface area contributed by atoms with Crippen molar-refractivity contribution in [3.05, 3.63) is 29.8 Å². The van der Waals surface area contributed by atoms with Crippen LogP contribution in [0, 0.1) is 0 Å². The van der Waals surface area contributed by atoms with E-state index in [0.29, 0.717) is 0 Å². The third-order valence-electron chi connectivity index (χ3n) is 4.61. The van der Waals surface area contributed by atoms with Crippen molar-refractivity contribution in [1.29, 1.82) is 0 Å². The number of morpholine rings is 1. The van der Waals surface area contributed by atoms with E-state index in [4.69, 9.17) is 4.74 Å². The molecular weight excluding hydrogens is 276 g/mol. The Bertz CT molecular complexity index is 464. The van der Waals surface area contributed by atoms with Crippen LogP contribution >= 0.6 is 0 Å². The standard InChI is InChI=1S/C18H28N2O2/c1-4-20(5-2)18(3,15-21)14-16-6-8-17(9-7-16)19-10-12-22-13-11-19/h6-9,15H,4-5,10-14H2,1-3H3. The largest absolute Gasteiger partial charge is 0.378 e. The molecule has 1 saturated heterocycles. The Kier molecular flexibility index (Phi) is 5.98. The average Bonchev–Trinajstić information content (AvgIpc) is 2.57. The van der Waals surface area contributed by atoms with Gasteiger partial charge in [-0.1, -0.05) is 26.0 Å². The van der Waals surface area contributed by atoms with E-state index in [0.717, 1.165) is 52.1 Å². The molecule has 1 heterocycles. The number of ether oxygens (including phenoxy) is 1. The minimum atomic E-state index is -0.427. The van der Waals surface area contributed by atoms with Gasteiger partial charge in [0.05, 0.1) is 18.8 Å². The van der Waals surface area contributed by atoms with Gasteiger partial charge in [-0.05, 0) is 44.1 Å². The molecule has 0 spiro atoms. The Hall–Kier alpha value is -1.39. The highest BCUT2D eigenvalue weighted by molar-refractivity contribution is 5.64. The summed E-state index contributed by atoms with van der Waals surface area (Å²) < 4.78 is 5.39. The predicted octanol–water partition coefficient (Wildman–Crippen LogP) is 2.37. The van der Waals surface area contributed by atoms with E-state index in [1.165, 1.54) is 11.3 Å². The molecule has 1 atom stereocenters. The Labute approximate surface area is 134 Å². The zero-order valence-electron chi connectivity index (χ0n) is 14.0. The summed E-state index contributed by atoms with van der Waals surface area (Å²) in [6, 6.07) is 8.62. The molecule has 122 valence electrons. The number of benzene rings is 1. The van der Waals surface area contributed by atoms with Crippen molar-refractivity contribution in [3.63, 3.8) is 0 Å². The molecule has 1 aromatic rings. The first-order chi connectivity index (χ1) is 10.6. The highest BCUT2D eigenvalue weighted by atomic mass is 16.5. The molecule has 1 aromatic carbocycles. The van der Waals surface area contributed by atoms with Crippen molar-refractivity contribution in [2.75, 3.05) is 44.3 Å². The molecule has 1 aliphatic rings. The van der Waals surface area contributed by atoms with Gasteiger partial charge in [-0.25, -0.2) is 0 Å². The minimum absolute atomic E-state index is 0.427. The van der Waals surface area contributed by atoms with Crippen LogP contribution in [0.25, 0.3) is 0 Å². The molecule has 4 nitrogen and oxygen atoms in total. The highest BCUT2D eigenvalue weighted by Crippen LogP contribution is 2.22. The summed E-state index contributed by atoms with van der Waals surface area (Å²) in [5.41, 5.74) is 2.02. The van der Waals surface area contributed by atoms with Gasteiger partial charge in [0.2, 0.25) is 0 Å².